The van der Waals surface area contributed by atoms with Crippen LogP contribution in [-0.2, 0) is 0 Å². The Morgan fingerprint density at radius 2 is 1.90 bits per heavy atom. The van der Waals surface area contributed by atoms with Gasteiger partial charge in [0.25, 0.3) is 0 Å². The molecule has 0 nitrogen and oxygen atoms in total. The van der Waals surface area contributed by atoms with E-state index >= 15 is 0 Å². The normalized spacial score (nSPS) is 30.3. The molecule has 0 aromatic carbocycles. The van der Waals surface area contributed by atoms with E-state index in [4.69, 9.17) is 0 Å². The first-order valence-electron chi connectivity index (χ1n) is 4.30. The highest BCUT2D eigenvalue weighted by molar-refractivity contribution is 8.00. The molecule has 1 heteroatoms. The van der Waals surface area contributed by atoms with Gasteiger partial charge in [-0.1, -0.05) is 13.8 Å². The molecular formula is C9H16S. The number of hydrogen-bond acceptors (Lipinski definition) is 1. The maximum Gasteiger partial charge on any atom is -0.000248 e. The molecule has 0 aromatic heterocycles. The largest absolute Gasteiger partial charge is 0.161 e. The summed E-state index contributed by atoms with van der Waals surface area (Å²) in [4.78, 5) is 0. The zero-order valence-corrected chi connectivity index (χ0v) is 7.71. The van der Waals surface area contributed by atoms with Crippen molar-refractivity contribution in [1.82, 2.24) is 0 Å². The fraction of sp³-hybridized carbons (Fsp3) is 1.00. The molecule has 0 unspecified atom stereocenters. The Bertz CT molecular complexity index is 128. The van der Waals surface area contributed by atoms with Crippen LogP contribution in [0.3, 0.4) is 0 Å². The van der Waals surface area contributed by atoms with Crippen LogP contribution in [0.5, 0.6) is 0 Å². The average molecular weight is 156 g/mol. The number of rotatable bonds is 1. The number of thioether (sulfide) groups is 1. The highest BCUT2D eigenvalue weighted by Gasteiger charge is 2.49. The predicted molar refractivity (Wildman–Crippen MR) is 47.3 cm³/mol. The van der Waals surface area contributed by atoms with Gasteiger partial charge in [-0.05, 0) is 41.6 Å². The Kier molecular flexibility index (Phi) is 1.52. The van der Waals surface area contributed by atoms with Gasteiger partial charge in [0, 0.05) is 0 Å². The van der Waals surface area contributed by atoms with Crippen LogP contribution in [0.1, 0.15) is 26.7 Å². The van der Waals surface area contributed by atoms with Crippen molar-refractivity contribution in [3.63, 3.8) is 0 Å². The second-order valence-corrected chi connectivity index (χ2v) is 5.39. The smallest absolute Gasteiger partial charge is 0.000248 e. The van der Waals surface area contributed by atoms with Crippen molar-refractivity contribution in [2.75, 3.05) is 11.5 Å². The molecule has 0 atom stereocenters. The molecule has 0 radical (unpaired) electrons. The molecule has 1 aliphatic heterocycles. The Morgan fingerprint density at radius 1 is 1.30 bits per heavy atom. The molecule has 1 aliphatic carbocycles. The van der Waals surface area contributed by atoms with Crippen LogP contribution >= 0.6 is 11.8 Å². The maximum absolute atomic E-state index is 2.36. The molecule has 0 N–H and O–H groups in total. The van der Waals surface area contributed by atoms with Crippen LogP contribution < -0.4 is 0 Å². The second kappa shape index (κ2) is 2.17. The van der Waals surface area contributed by atoms with Crippen molar-refractivity contribution in [3.05, 3.63) is 0 Å². The van der Waals surface area contributed by atoms with E-state index in [0.717, 1.165) is 17.3 Å². The summed E-state index contributed by atoms with van der Waals surface area (Å²) in [6.45, 7) is 4.73. The standard InChI is InChI=1S/C9H16S/c1-7(2)8-3-9(4-8)5-10-6-9/h7-8H,3-6H2,1-2H3. The third-order valence-electron chi connectivity index (χ3n) is 3.15. The summed E-state index contributed by atoms with van der Waals surface area (Å²) < 4.78 is 0. The average Bonchev–Trinajstić information content (AvgIpc) is 1.54. The lowest BCUT2D eigenvalue weighted by atomic mass is 9.60. The number of hydrogen-bond donors (Lipinski definition) is 0. The van der Waals surface area contributed by atoms with Crippen molar-refractivity contribution in [3.8, 4) is 0 Å². The van der Waals surface area contributed by atoms with E-state index in [2.05, 4.69) is 25.6 Å². The quantitative estimate of drug-likeness (QED) is 0.562. The van der Waals surface area contributed by atoms with Gasteiger partial charge in [0.05, 0.1) is 0 Å². The molecule has 1 heterocycles. The van der Waals surface area contributed by atoms with Gasteiger partial charge in [-0.2, -0.15) is 11.8 Å². The van der Waals surface area contributed by atoms with Gasteiger partial charge in [0.2, 0.25) is 0 Å². The zero-order chi connectivity index (χ0) is 7.19. The lowest BCUT2D eigenvalue weighted by Gasteiger charge is -2.55. The van der Waals surface area contributed by atoms with E-state index in [1.54, 1.807) is 0 Å². The van der Waals surface area contributed by atoms with E-state index < -0.39 is 0 Å². The molecule has 1 saturated carbocycles. The Hall–Kier alpha value is 0.350. The minimum absolute atomic E-state index is 0.861. The molecular weight excluding hydrogens is 140 g/mol. The van der Waals surface area contributed by atoms with Gasteiger partial charge in [0.1, 0.15) is 0 Å². The van der Waals surface area contributed by atoms with E-state index in [-0.39, 0.29) is 0 Å². The third-order valence-corrected chi connectivity index (χ3v) is 4.78. The molecule has 58 valence electrons. The first-order chi connectivity index (χ1) is 4.72. The highest BCUT2D eigenvalue weighted by Crippen LogP contribution is 2.57. The Morgan fingerprint density at radius 3 is 2.20 bits per heavy atom. The maximum atomic E-state index is 2.36. The van der Waals surface area contributed by atoms with Crippen molar-refractivity contribution in [2.45, 2.75) is 26.7 Å². The van der Waals surface area contributed by atoms with Crippen LogP contribution in [0.4, 0.5) is 0 Å². The minimum atomic E-state index is 0.861. The fourth-order valence-electron chi connectivity index (χ4n) is 2.15. The third kappa shape index (κ3) is 0.903. The summed E-state index contributed by atoms with van der Waals surface area (Å²) in [5, 5.41) is 0. The monoisotopic (exact) mass is 156 g/mol. The van der Waals surface area contributed by atoms with Crippen molar-refractivity contribution < 1.29 is 0 Å². The molecule has 0 aromatic rings. The predicted octanol–water partition coefficient (Wildman–Crippen LogP) is 2.79. The van der Waals surface area contributed by atoms with Crippen molar-refractivity contribution in [1.29, 1.82) is 0 Å². The van der Waals surface area contributed by atoms with E-state index in [0.29, 0.717) is 0 Å². The molecule has 2 rings (SSSR count). The van der Waals surface area contributed by atoms with Crippen LogP contribution in [0, 0.1) is 17.3 Å². The lowest BCUT2D eigenvalue weighted by molar-refractivity contribution is 0.0601. The molecule has 1 spiro atoms. The van der Waals surface area contributed by atoms with Gasteiger partial charge in [-0.15, -0.1) is 0 Å². The SMILES string of the molecule is CC(C)C1CC2(CSC2)C1. The summed E-state index contributed by atoms with van der Waals surface area (Å²) >= 11 is 2.13. The molecule has 0 bridgehead atoms. The molecule has 1 saturated heterocycles. The van der Waals surface area contributed by atoms with Crippen LogP contribution in [0.25, 0.3) is 0 Å². The molecule has 2 fully saturated rings. The Labute approximate surface area is 67.8 Å². The lowest BCUT2D eigenvalue weighted by Crippen LogP contribution is -2.48. The van der Waals surface area contributed by atoms with Crippen LogP contribution in [0.15, 0.2) is 0 Å². The summed E-state index contributed by atoms with van der Waals surface area (Å²) in [6, 6.07) is 0. The van der Waals surface area contributed by atoms with Crippen LogP contribution in [0.2, 0.25) is 0 Å². The first kappa shape index (κ1) is 7.02. The van der Waals surface area contributed by atoms with Gasteiger partial charge in [-0.3, -0.25) is 0 Å². The van der Waals surface area contributed by atoms with Crippen molar-refractivity contribution >= 4 is 11.8 Å². The van der Waals surface area contributed by atoms with E-state index in [1.807, 2.05) is 0 Å². The van der Waals surface area contributed by atoms with E-state index in [1.165, 1.54) is 24.3 Å². The summed E-state index contributed by atoms with van der Waals surface area (Å²) in [7, 11) is 0. The zero-order valence-electron chi connectivity index (χ0n) is 6.89. The van der Waals surface area contributed by atoms with E-state index in [9.17, 15) is 0 Å². The van der Waals surface area contributed by atoms with Crippen molar-refractivity contribution in [2.24, 2.45) is 17.3 Å². The second-order valence-electron chi connectivity index (χ2n) is 4.41. The molecule has 10 heavy (non-hydrogen) atoms. The van der Waals surface area contributed by atoms with Gasteiger partial charge in [0.15, 0.2) is 0 Å². The summed E-state index contributed by atoms with van der Waals surface area (Å²) in [5.41, 5.74) is 0.861. The summed E-state index contributed by atoms with van der Waals surface area (Å²) in [5.74, 6) is 4.95. The minimum Gasteiger partial charge on any atom is -0.161 e. The highest BCUT2D eigenvalue weighted by atomic mass is 32.2. The molecule has 2 aliphatic rings. The van der Waals surface area contributed by atoms with Gasteiger partial charge < -0.3 is 0 Å². The van der Waals surface area contributed by atoms with Gasteiger partial charge >= 0.3 is 0 Å². The first-order valence-corrected chi connectivity index (χ1v) is 5.45. The molecule has 0 amide bonds. The Balaban J connectivity index is 1.82. The van der Waals surface area contributed by atoms with Crippen LogP contribution in [-0.4, -0.2) is 11.5 Å². The summed E-state index contributed by atoms with van der Waals surface area (Å²) in [6.07, 6.45) is 3.08. The fourth-order valence-corrected chi connectivity index (χ4v) is 3.40. The topological polar surface area (TPSA) is 0 Å². The van der Waals surface area contributed by atoms with Gasteiger partial charge in [-0.25, -0.2) is 0 Å².